The van der Waals surface area contributed by atoms with Gasteiger partial charge in [0.25, 0.3) is 0 Å². The molecule has 4 heteroatoms. The van der Waals surface area contributed by atoms with Crippen LogP contribution in [0.4, 0.5) is 4.39 Å². The largest absolute Gasteiger partial charge is 0.311 e. The molecule has 0 radical (unpaired) electrons. The average Bonchev–Trinajstić information content (AvgIpc) is 2.81. The van der Waals surface area contributed by atoms with Crippen molar-refractivity contribution < 1.29 is 4.39 Å². The highest BCUT2D eigenvalue weighted by molar-refractivity contribution is 6.30. The Balaban J connectivity index is 1.79. The molecule has 0 aromatic heterocycles. The highest BCUT2D eigenvalue weighted by atomic mass is 35.5. The van der Waals surface area contributed by atoms with E-state index >= 15 is 0 Å². The van der Waals surface area contributed by atoms with Crippen molar-refractivity contribution in [3.63, 3.8) is 0 Å². The summed E-state index contributed by atoms with van der Waals surface area (Å²) in [6.45, 7) is 6.27. The van der Waals surface area contributed by atoms with Crippen LogP contribution in [0.25, 0.3) is 0 Å². The highest BCUT2D eigenvalue weighted by Crippen LogP contribution is 2.17. The van der Waals surface area contributed by atoms with Crippen molar-refractivity contribution in [2.24, 2.45) is 0 Å². The minimum atomic E-state index is -0.353. The molecule has 100 valence electrons. The van der Waals surface area contributed by atoms with Gasteiger partial charge < -0.3 is 5.32 Å². The first-order valence-electron chi connectivity index (χ1n) is 6.59. The first kappa shape index (κ1) is 13.8. The molecule has 1 aliphatic heterocycles. The van der Waals surface area contributed by atoms with Crippen LogP contribution in [-0.4, -0.2) is 30.6 Å². The number of nitrogens with zero attached hydrogens (tertiary/aromatic N) is 1. The number of hydrogen-bond acceptors (Lipinski definition) is 2. The maximum absolute atomic E-state index is 13.0. The summed E-state index contributed by atoms with van der Waals surface area (Å²) in [4.78, 5) is 2.50. The Hall–Kier alpha value is -0.640. The number of likely N-dealkylation sites (N-methyl/N-ethyl adjacent to an activating group) is 1. The summed E-state index contributed by atoms with van der Waals surface area (Å²) in [5.74, 6) is -0.353. The van der Waals surface area contributed by atoms with Gasteiger partial charge in [-0.15, -0.1) is 0 Å². The van der Waals surface area contributed by atoms with Crippen LogP contribution in [0.5, 0.6) is 0 Å². The maximum Gasteiger partial charge on any atom is 0.141 e. The fraction of sp³-hybridized carbons (Fsp3) is 0.571. The van der Waals surface area contributed by atoms with Gasteiger partial charge >= 0.3 is 0 Å². The maximum atomic E-state index is 13.0. The molecule has 1 N–H and O–H groups in total. The quantitative estimate of drug-likeness (QED) is 0.885. The molecule has 1 saturated heterocycles. The monoisotopic (exact) mass is 270 g/mol. The zero-order valence-electron chi connectivity index (χ0n) is 10.8. The summed E-state index contributed by atoms with van der Waals surface area (Å²) in [6.07, 6.45) is 2.56. The van der Waals surface area contributed by atoms with Crippen LogP contribution in [-0.2, 0) is 6.54 Å². The van der Waals surface area contributed by atoms with Gasteiger partial charge in [-0.25, -0.2) is 4.39 Å². The van der Waals surface area contributed by atoms with Crippen molar-refractivity contribution in [3.8, 4) is 0 Å². The van der Waals surface area contributed by atoms with E-state index in [0.29, 0.717) is 6.04 Å². The Morgan fingerprint density at radius 3 is 3.06 bits per heavy atom. The van der Waals surface area contributed by atoms with Gasteiger partial charge in [0.15, 0.2) is 0 Å². The molecule has 1 unspecified atom stereocenters. The molecule has 2 nitrogen and oxygen atoms in total. The predicted molar refractivity (Wildman–Crippen MR) is 73.4 cm³/mol. The summed E-state index contributed by atoms with van der Waals surface area (Å²) >= 11 is 5.75. The van der Waals surface area contributed by atoms with Gasteiger partial charge in [-0.3, -0.25) is 4.90 Å². The molecule has 0 aliphatic carbocycles. The van der Waals surface area contributed by atoms with Crippen LogP contribution < -0.4 is 5.32 Å². The van der Waals surface area contributed by atoms with Crippen molar-refractivity contribution in [2.75, 3.05) is 19.6 Å². The molecule has 1 heterocycles. The zero-order chi connectivity index (χ0) is 13.0. The Bertz CT molecular complexity index is 397. The third kappa shape index (κ3) is 3.44. The predicted octanol–water partition coefficient (Wildman–Crippen LogP) is 3.05. The van der Waals surface area contributed by atoms with E-state index in [1.54, 1.807) is 12.1 Å². The minimum absolute atomic E-state index is 0.199. The fourth-order valence-corrected chi connectivity index (χ4v) is 2.78. The first-order valence-corrected chi connectivity index (χ1v) is 6.97. The molecule has 18 heavy (non-hydrogen) atoms. The summed E-state index contributed by atoms with van der Waals surface area (Å²) < 4.78 is 13.0. The van der Waals surface area contributed by atoms with Crippen LogP contribution >= 0.6 is 11.6 Å². The van der Waals surface area contributed by atoms with E-state index in [1.807, 2.05) is 0 Å². The lowest BCUT2D eigenvalue weighted by atomic mass is 10.2. The van der Waals surface area contributed by atoms with Crippen LogP contribution in [0.1, 0.15) is 25.3 Å². The molecule has 2 rings (SSSR count). The van der Waals surface area contributed by atoms with Crippen molar-refractivity contribution in [2.45, 2.75) is 32.4 Å². The van der Waals surface area contributed by atoms with Crippen molar-refractivity contribution in [1.82, 2.24) is 10.2 Å². The third-order valence-corrected chi connectivity index (χ3v) is 3.89. The van der Waals surface area contributed by atoms with Gasteiger partial charge in [0.1, 0.15) is 5.82 Å². The van der Waals surface area contributed by atoms with E-state index in [-0.39, 0.29) is 10.8 Å². The molecule has 0 bridgehead atoms. The van der Waals surface area contributed by atoms with E-state index in [4.69, 9.17) is 11.6 Å². The topological polar surface area (TPSA) is 15.3 Å². The van der Waals surface area contributed by atoms with E-state index < -0.39 is 0 Å². The highest BCUT2D eigenvalue weighted by Gasteiger charge is 2.21. The Labute approximate surface area is 113 Å². The number of rotatable bonds is 5. The van der Waals surface area contributed by atoms with Crippen LogP contribution in [0.15, 0.2) is 18.2 Å². The SMILES string of the molecule is CCN1CCCC1CNCc1ccc(F)c(Cl)c1. The third-order valence-electron chi connectivity index (χ3n) is 3.60. The average molecular weight is 271 g/mol. The summed E-state index contributed by atoms with van der Waals surface area (Å²) in [7, 11) is 0. The van der Waals surface area contributed by atoms with Gasteiger partial charge in [0.2, 0.25) is 0 Å². The number of nitrogens with one attached hydrogen (secondary N) is 1. The van der Waals surface area contributed by atoms with Crippen molar-refractivity contribution in [1.29, 1.82) is 0 Å². The van der Waals surface area contributed by atoms with E-state index in [9.17, 15) is 4.39 Å². The Kier molecular flexibility index (Phi) is 4.98. The first-order chi connectivity index (χ1) is 8.70. The normalized spacial score (nSPS) is 20.5. The summed E-state index contributed by atoms with van der Waals surface area (Å²) in [5.41, 5.74) is 1.03. The Morgan fingerprint density at radius 1 is 1.50 bits per heavy atom. The lowest BCUT2D eigenvalue weighted by Crippen LogP contribution is -2.37. The second kappa shape index (κ2) is 6.50. The number of benzene rings is 1. The van der Waals surface area contributed by atoms with Crippen LogP contribution in [0.2, 0.25) is 5.02 Å². The Morgan fingerprint density at radius 2 is 2.33 bits per heavy atom. The van der Waals surface area contributed by atoms with E-state index in [0.717, 1.165) is 25.2 Å². The molecule has 0 spiro atoms. The van der Waals surface area contributed by atoms with E-state index in [1.165, 1.54) is 25.5 Å². The molecular formula is C14H20ClFN2. The van der Waals surface area contributed by atoms with Crippen molar-refractivity contribution >= 4 is 11.6 Å². The molecule has 1 aliphatic rings. The van der Waals surface area contributed by atoms with Gasteiger partial charge in [0, 0.05) is 19.1 Å². The number of likely N-dealkylation sites (tertiary alicyclic amines) is 1. The molecule has 1 atom stereocenters. The fourth-order valence-electron chi connectivity index (χ4n) is 2.58. The molecule has 0 saturated carbocycles. The van der Waals surface area contributed by atoms with E-state index in [2.05, 4.69) is 17.1 Å². The molecule has 1 fully saturated rings. The van der Waals surface area contributed by atoms with Gasteiger partial charge in [-0.05, 0) is 43.6 Å². The van der Waals surface area contributed by atoms with Crippen LogP contribution in [0, 0.1) is 5.82 Å². The molecule has 1 aromatic carbocycles. The standard InChI is InChI=1S/C14H20ClFN2/c1-2-18-7-3-4-12(18)10-17-9-11-5-6-14(16)13(15)8-11/h5-6,8,12,17H,2-4,7,9-10H2,1H3. The number of halogens is 2. The van der Waals surface area contributed by atoms with Gasteiger partial charge in [0.05, 0.1) is 5.02 Å². The van der Waals surface area contributed by atoms with Crippen molar-refractivity contribution in [3.05, 3.63) is 34.6 Å². The lowest BCUT2D eigenvalue weighted by molar-refractivity contribution is 0.260. The minimum Gasteiger partial charge on any atom is -0.311 e. The van der Waals surface area contributed by atoms with Gasteiger partial charge in [-0.1, -0.05) is 24.6 Å². The smallest absolute Gasteiger partial charge is 0.141 e. The van der Waals surface area contributed by atoms with Gasteiger partial charge in [-0.2, -0.15) is 0 Å². The molecular weight excluding hydrogens is 251 g/mol. The molecule has 1 aromatic rings. The number of hydrogen-bond donors (Lipinski definition) is 1. The molecule has 0 amide bonds. The van der Waals surface area contributed by atoms with Crippen LogP contribution in [0.3, 0.4) is 0 Å². The lowest BCUT2D eigenvalue weighted by Gasteiger charge is -2.23. The summed E-state index contributed by atoms with van der Waals surface area (Å²) in [6, 6.07) is 5.54. The second-order valence-corrected chi connectivity index (χ2v) is 5.21. The zero-order valence-corrected chi connectivity index (χ0v) is 11.5. The second-order valence-electron chi connectivity index (χ2n) is 4.80. The summed E-state index contributed by atoms with van der Waals surface area (Å²) in [5, 5.41) is 3.63.